The molecule has 0 radical (unpaired) electrons. The Morgan fingerprint density at radius 1 is 1.00 bits per heavy atom. The molecule has 1 aromatic heterocycles. The van der Waals surface area contributed by atoms with Crippen molar-refractivity contribution in [2.24, 2.45) is 0 Å². The Labute approximate surface area is 143 Å². The third kappa shape index (κ3) is 3.52. The van der Waals surface area contributed by atoms with Crippen LogP contribution in [0, 0.1) is 25.5 Å². The summed E-state index contributed by atoms with van der Waals surface area (Å²) in [5.74, 6) is -2.67. The van der Waals surface area contributed by atoms with Gasteiger partial charge in [0.2, 0.25) is 0 Å². The van der Waals surface area contributed by atoms with Crippen LogP contribution in [0.15, 0.2) is 48.8 Å². The summed E-state index contributed by atoms with van der Waals surface area (Å²) in [7, 11) is 0. The molecule has 0 aliphatic carbocycles. The zero-order chi connectivity index (χ0) is 18.0. The molecule has 0 aliphatic rings. The van der Waals surface area contributed by atoms with Gasteiger partial charge >= 0.3 is 0 Å². The van der Waals surface area contributed by atoms with Crippen LogP contribution in [0.2, 0.25) is 0 Å². The predicted molar refractivity (Wildman–Crippen MR) is 91.3 cm³/mol. The maximum absolute atomic E-state index is 13.6. The standard InChI is InChI=1S/C19H15F2N3O/c1-11-6-7-12(2)13(8-11)16-9-23-17(10-22-16)24-19(25)18-14(20)4-3-5-15(18)21/h3-10H,1-2H3,(H,23,24,25). The Kier molecular flexibility index (Phi) is 4.52. The number of rotatable bonds is 3. The highest BCUT2D eigenvalue weighted by molar-refractivity contribution is 6.04. The minimum atomic E-state index is -0.933. The summed E-state index contributed by atoms with van der Waals surface area (Å²) in [6.45, 7) is 3.95. The molecule has 0 atom stereocenters. The van der Waals surface area contributed by atoms with Gasteiger partial charge in [-0.25, -0.2) is 13.8 Å². The third-order valence-electron chi connectivity index (χ3n) is 3.75. The van der Waals surface area contributed by atoms with Gasteiger partial charge in [0.1, 0.15) is 17.2 Å². The Bertz CT molecular complexity index is 920. The third-order valence-corrected chi connectivity index (χ3v) is 3.75. The van der Waals surface area contributed by atoms with E-state index in [0.717, 1.165) is 28.8 Å². The molecule has 0 fully saturated rings. The summed E-state index contributed by atoms with van der Waals surface area (Å²) < 4.78 is 27.3. The maximum atomic E-state index is 13.6. The number of hydrogen-bond acceptors (Lipinski definition) is 3. The van der Waals surface area contributed by atoms with Gasteiger partial charge in [-0.3, -0.25) is 9.78 Å². The number of halogens is 2. The lowest BCUT2D eigenvalue weighted by atomic mass is 10.0. The monoisotopic (exact) mass is 339 g/mol. The number of nitrogens with zero attached hydrogens (tertiary/aromatic N) is 2. The van der Waals surface area contributed by atoms with Gasteiger partial charge in [-0.15, -0.1) is 0 Å². The highest BCUT2D eigenvalue weighted by Crippen LogP contribution is 2.22. The van der Waals surface area contributed by atoms with Crippen LogP contribution in [0.3, 0.4) is 0 Å². The summed E-state index contributed by atoms with van der Waals surface area (Å²) >= 11 is 0. The lowest BCUT2D eigenvalue weighted by molar-refractivity contribution is 0.101. The van der Waals surface area contributed by atoms with Crippen LogP contribution >= 0.6 is 0 Å². The van der Waals surface area contributed by atoms with Crippen molar-refractivity contribution in [1.29, 1.82) is 0 Å². The Morgan fingerprint density at radius 3 is 2.36 bits per heavy atom. The molecule has 0 spiro atoms. The topological polar surface area (TPSA) is 54.9 Å². The predicted octanol–water partition coefficient (Wildman–Crippen LogP) is 4.29. The molecule has 0 aliphatic heterocycles. The molecular weight excluding hydrogens is 324 g/mol. The van der Waals surface area contributed by atoms with Gasteiger partial charge in [0.05, 0.1) is 18.1 Å². The molecule has 4 nitrogen and oxygen atoms in total. The summed E-state index contributed by atoms with van der Waals surface area (Å²) in [5, 5.41) is 2.35. The van der Waals surface area contributed by atoms with Crippen molar-refractivity contribution in [1.82, 2.24) is 9.97 Å². The van der Waals surface area contributed by atoms with Crippen molar-refractivity contribution in [2.45, 2.75) is 13.8 Å². The molecule has 0 bridgehead atoms. The van der Waals surface area contributed by atoms with Gasteiger partial charge in [-0.1, -0.05) is 23.8 Å². The summed E-state index contributed by atoms with van der Waals surface area (Å²) in [4.78, 5) is 20.4. The Hall–Kier alpha value is -3.15. The number of hydrogen-bond donors (Lipinski definition) is 1. The zero-order valence-electron chi connectivity index (χ0n) is 13.7. The van der Waals surface area contributed by atoms with Crippen LogP contribution in [0.1, 0.15) is 21.5 Å². The van der Waals surface area contributed by atoms with Crippen LogP contribution in [-0.2, 0) is 0 Å². The largest absolute Gasteiger partial charge is 0.305 e. The van der Waals surface area contributed by atoms with Crippen LogP contribution in [0.4, 0.5) is 14.6 Å². The van der Waals surface area contributed by atoms with Crippen LogP contribution in [0.5, 0.6) is 0 Å². The summed E-state index contributed by atoms with van der Waals surface area (Å²) in [5.41, 5.74) is 3.07. The van der Waals surface area contributed by atoms with Crippen LogP contribution in [-0.4, -0.2) is 15.9 Å². The van der Waals surface area contributed by atoms with Crippen molar-refractivity contribution in [3.63, 3.8) is 0 Å². The molecule has 3 rings (SSSR count). The van der Waals surface area contributed by atoms with E-state index in [1.807, 2.05) is 32.0 Å². The average Bonchev–Trinajstić information content (AvgIpc) is 2.58. The van der Waals surface area contributed by atoms with Crippen molar-refractivity contribution < 1.29 is 13.6 Å². The molecule has 0 unspecified atom stereocenters. The molecule has 0 saturated heterocycles. The van der Waals surface area contributed by atoms with Gasteiger partial charge in [0, 0.05) is 5.56 Å². The second-order valence-corrected chi connectivity index (χ2v) is 5.66. The van der Waals surface area contributed by atoms with Gasteiger partial charge in [-0.2, -0.15) is 0 Å². The first-order valence-electron chi connectivity index (χ1n) is 7.61. The second kappa shape index (κ2) is 6.76. The number of aryl methyl sites for hydroxylation is 2. The average molecular weight is 339 g/mol. The fraction of sp³-hybridized carbons (Fsp3) is 0.105. The first-order chi connectivity index (χ1) is 12.0. The first kappa shape index (κ1) is 16.7. The van der Waals surface area contributed by atoms with Crippen LogP contribution in [0.25, 0.3) is 11.3 Å². The van der Waals surface area contributed by atoms with E-state index in [1.165, 1.54) is 18.5 Å². The molecule has 25 heavy (non-hydrogen) atoms. The fourth-order valence-corrected chi connectivity index (χ4v) is 2.44. The van der Waals surface area contributed by atoms with Gasteiger partial charge in [-0.05, 0) is 37.6 Å². The van der Waals surface area contributed by atoms with E-state index in [0.29, 0.717) is 5.69 Å². The smallest absolute Gasteiger partial charge is 0.262 e. The summed E-state index contributed by atoms with van der Waals surface area (Å²) in [6.07, 6.45) is 2.86. The number of benzene rings is 2. The zero-order valence-corrected chi connectivity index (χ0v) is 13.7. The van der Waals surface area contributed by atoms with E-state index in [4.69, 9.17) is 0 Å². The number of carbonyl (C=O) groups excluding carboxylic acids is 1. The molecule has 126 valence electrons. The second-order valence-electron chi connectivity index (χ2n) is 5.66. The molecule has 0 saturated carbocycles. The molecule has 1 amide bonds. The number of amides is 1. The minimum Gasteiger partial charge on any atom is -0.305 e. The van der Waals surface area contributed by atoms with Gasteiger partial charge < -0.3 is 5.32 Å². The van der Waals surface area contributed by atoms with Crippen molar-refractivity contribution >= 4 is 11.7 Å². The van der Waals surface area contributed by atoms with Gasteiger partial charge in [0.25, 0.3) is 5.91 Å². The maximum Gasteiger partial charge on any atom is 0.262 e. The van der Waals surface area contributed by atoms with Crippen molar-refractivity contribution in [3.05, 3.63) is 77.1 Å². The van der Waals surface area contributed by atoms with Gasteiger partial charge in [0.15, 0.2) is 5.82 Å². The Balaban J connectivity index is 1.84. The van der Waals surface area contributed by atoms with E-state index in [-0.39, 0.29) is 5.82 Å². The number of anilines is 1. The summed E-state index contributed by atoms with van der Waals surface area (Å²) in [6, 6.07) is 9.22. The van der Waals surface area contributed by atoms with E-state index < -0.39 is 23.1 Å². The minimum absolute atomic E-state index is 0.113. The lowest BCUT2D eigenvalue weighted by Crippen LogP contribution is -2.16. The SMILES string of the molecule is Cc1ccc(C)c(-c2cnc(NC(=O)c3c(F)cccc3F)cn2)c1. The fourth-order valence-electron chi connectivity index (χ4n) is 2.44. The number of aromatic nitrogens is 2. The quantitative estimate of drug-likeness (QED) is 0.774. The lowest BCUT2D eigenvalue weighted by Gasteiger charge is -2.08. The first-order valence-corrected chi connectivity index (χ1v) is 7.61. The molecule has 1 heterocycles. The van der Waals surface area contributed by atoms with Crippen molar-refractivity contribution in [2.75, 3.05) is 5.32 Å². The van der Waals surface area contributed by atoms with Crippen molar-refractivity contribution in [3.8, 4) is 11.3 Å². The highest BCUT2D eigenvalue weighted by Gasteiger charge is 2.17. The number of nitrogens with one attached hydrogen (secondary N) is 1. The molecule has 1 N–H and O–H groups in total. The normalized spacial score (nSPS) is 10.6. The molecule has 2 aromatic carbocycles. The van der Waals surface area contributed by atoms with E-state index in [9.17, 15) is 13.6 Å². The molecular formula is C19H15F2N3O. The Morgan fingerprint density at radius 2 is 1.72 bits per heavy atom. The van der Waals surface area contributed by atoms with E-state index in [1.54, 1.807) is 0 Å². The molecule has 3 aromatic rings. The van der Waals surface area contributed by atoms with E-state index in [2.05, 4.69) is 15.3 Å². The highest BCUT2D eigenvalue weighted by atomic mass is 19.1. The van der Waals surface area contributed by atoms with E-state index >= 15 is 0 Å². The van der Waals surface area contributed by atoms with Crippen LogP contribution < -0.4 is 5.32 Å². The number of carbonyl (C=O) groups is 1. The molecule has 6 heteroatoms.